The van der Waals surface area contributed by atoms with Crippen molar-refractivity contribution in [1.82, 2.24) is 15.6 Å². The van der Waals surface area contributed by atoms with Gasteiger partial charge in [-0.15, -0.1) is 11.3 Å². The van der Waals surface area contributed by atoms with Gasteiger partial charge in [-0.1, -0.05) is 13.3 Å². The number of thiazole rings is 1. The maximum absolute atomic E-state index is 4.08. The molecule has 1 fully saturated rings. The SMILES string of the molecule is CCC1CCNC(CNCc2cncs2)C1. The molecule has 0 radical (unpaired) electrons. The topological polar surface area (TPSA) is 37.0 Å². The van der Waals surface area contributed by atoms with Crippen molar-refractivity contribution in [3.63, 3.8) is 0 Å². The summed E-state index contributed by atoms with van der Waals surface area (Å²) >= 11 is 1.72. The van der Waals surface area contributed by atoms with E-state index in [1.54, 1.807) is 11.3 Å². The Morgan fingerprint density at radius 3 is 3.31 bits per heavy atom. The standard InChI is InChI=1S/C12H21N3S/c1-2-10-3-4-15-11(5-10)6-13-7-12-8-14-9-16-12/h8-11,13,15H,2-7H2,1H3. The molecule has 2 rings (SSSR count). The zero-order chi connectivity index (χ0) is 11.2. The number of aromatic nitrogens is 1. The third-order valence-electron chi connectivity index (χ3n) is 3.35. The lowest BCUT2D eigenvalue weighted by atomic mass is 9.90. The second kappa shape index (κ2) is 6.33. The van der Waals surface area contributed by atoms with E-state index in [0.29, 0.717) is 6.04 Å². The summed E-state index contributed by atoms with van der Waals surface area (Å²) in [5, 5.41) is 7.10. The van der Waals surface area contributed by atoms with Crippen LogP contribution in [0.3, 0.4) is 0 Å². The fourth-order valence-electron chi connectivity index (χ4n) is 2.32. The van der Waals surface area contributed by atoms with Gasteiger partial charge in [0.05, 0.1) is 5.51 Å². The van der Waals surface area contributed by atoms with E-state index >= 15 is 0 Å². The molecule has 1 saturated heterocycles. The van der Waals surface area contributed by atoms with Crippen molar-refractivity contribution in [3.8, 4) is 0 Å². The summed E-state index contributed by atoms with van der Waals surface area (Å²) in [6, 6.07) is 0.659. The Hall–Kier alpha value is -0.450. The smallest absolute Gasteiger partial charge is 0.0794 e. The first-order valence-corrected chi connectivity index (χ1v) is 7.08. The molecule has 16 heavy (non-hydrogen) atoms. The molecular formula is C12H21N3S. The van der Waals surface area contributed by atoms with Crippen molar-refractivity contribution in [2.45, 2.75) is 38.8 Å². The highest BCUT2D eigenvalue weighted by Crippen LogP contribution is 2.18. The van der Waals surface area contributed by atoms with Gasteiger partial charge in [0.25, 0.3) is 0 Å². The summed E-state index contributed by atoms with van der Waals surface area (Å²) in [4.78, 5) is 5.40. The first-order valence-electron chi connectivity index (χ1n) is 6.20. The molecule has 1 aliphatic rings. The van der Waals surface area contributed by atoms with Crippen LogP contribution >= 0.6 is 11.3 Å². The minimum atomic E-state index is 0.659. The minimum absolute atomic E-state index is 0.659. The Labute approximate surface area is 102 Å². The summed E-state index contributed by atoms with van der Waals surface area (Å²) in [7, 11) is 0. The highest BCUT2D eigenvalue weighted by molar-refractivity contribution is 7.09. The molecule has 2 atom stereocenters. The van der Waals surface area contributed by atoms with Gasteiger partial charge >= 0.3 is 0 Å². The lowest BCUT2D eigenvalue weighted by Gasteiger charge is -2.29. The van der Waals surface area contributed by atoms with Gasteiger partial charge < -0.3 is 10.6 Å². The largest absolute Gasteiger partial charge is 0.313 e. The summed E-state index contributed by atoms with van der Waals surface area (Å²) in [6.07, 6.45) is 5.95. The Balaban J connectivity index is 1.65. The summed E-state index contributed by atoms with van der Waals surface area (Å²) in [5.41, 5.74) is 1.89. The Morgan fingerprint density at radius 2 is 2.56 bits per heavy atom. The molecule has 0 aromatic carbocycles. The predicted octanol–water partition coefficient (Wildman–Crippen LogP) is 2.01. The Kier molecular flexibility index (Phi) is 4.75. The van der Waals surface area contributed by atoms with E-state index in [9.17, 15) is 0 Å². The number of hydrogen-bond acceptors (Lipinski definition) is 4. The molecule has 0 bridgehead atoms. The summed E-state index contributed by atoms with van der Waals surface area (Å²) in [5.74, 6) is 0.927. The van der Waals surface area contributed by atoms with Gasteiger partial charge in [0.2, 0.25) is 0 Å². The monoisotopic (exact) mass is 239 g/mol. The van der Waals surface area contributed by atoms with E-state index in [2.05, 4.69) is 22.5 Å². The molecule has 2 N–H and O–H groups in total. The van der Waals surface area contributed by atoms with Gasteiger partial charge in [-0.3, -0.25) is 4.98 Å². The van der Waals surface area contributed by atoms with Crippen molar-refractivity contribution in [2.24, 2.45) is 5.92 Å². The van der Waals surface area contributed by atoms with Crippen LogP contribution in [0, 0.1) is 5.92 Å². The van der Waals surface area contributed by atoms with Crippen LogP contribution in [0.25, 0.3) is 0 Å². The lowest BCUT2D eigenvalue weighted by Crippen LogP contribution is -2.44. The lowest BCUT2D eigenvalue weighted by molar-refractivity contribution is 0.288. The Morgan fingerprint density at radius 1 is 1.62 bits per heavy atom. The minimum Gasteiger partial charge on any atom is -0.313 e. The molecule has 2 unspecified atom stereocenters. The van der Waals surface area contributed by atoms with Gasteiger partial charge in [-0.2, -0.15) is 0 Å². The van der Waals surface area contributed by atoms with Gasteiger partial charge in [0.15, 0.2) is 0 Å². The predicted molar refractivity (Wildman–Crippen MR) is 68.6 cm³/mol. The van der Waals surface area contributed by atoms with E-state index in [0.717, 1.165) is 19.0 Å². The van der Waals surface area contributed by atoms with E-state index in [1.807, 2.05) is 11.7 Å². The number of nitrogens with one attached hydrogen (secondary N) is 2. The summed E-state index contributed by atoms with van der Waals surface area (Å²) in [6.45, 7) is 5.53. The average molecular weight is 239 g/mol. The number of piperidine rings is 1. The molecule has 1 aliphatic heterocycles. The van der Waals surface area contributed by atoms with Gasteiger partial charge in [0, 0.05) is 30.2 Å². The molecule has 90 valence electrons. The van der Waals surface area contributed by atoms with Crippen LogP contribution in [0.4, 0.5) is 0 Å². The van der Waals surface area contributed by atoms with Crippen LogP contribution in [0.15, 0.2) is 11.7 Å². The zero-order valence-electron chi connectivity index (χ0n) is 9.91. The van der Waals surface area contributed by atoms with Crippen LogP contribution in [0.1, 0.15) is 31.1 Å². The third kappa shape index (κ3) is 3.54. The molecular weight excluding hydrogens is 218 g/mol. The maximum atomic E-state index is 4.08. The van der Waals surface area contributed by atoms with Gasteiger partial charge in [-0.05, 0) is 25.3 Å². The normalized spacial score (nSPS) is 25.8. The fourth-order valence-corrected chi connectivity index (χ4v) is 2.88. The maximum Gasteiger partial charge on any atom is 0.0794 e. The number of hydrogen-bond donors (Lipinski definition) is 2. The van der Waals surface area contributed by atoms with Crippen LogP contribution in [0.5, 0.6) is 0 Å². The van der Waals surface area contributed by atoms with Crippen LogP contribution in [-0.2, 0) is 6.54 Å². The molecule has 3 nitrogen and oxygen atoms in total. The van der Waals surface area contributed by atoms with Crippen molar-refractivity contribution < 1.29 is 0 Å². The van der Waals surface area contributed by atoms with E-state index in [-0.39, 0.29) is 0 Å². The molecule has 0 saturated carbocycles. The second-order valence-electron chi connectivity index (χ2n) is 4.55. The second-order valence-corrected chi connectivity index (χ2v) is 5.52. The van der Waals surface area contributed by atoms with E-state index in [1.165, 1.54) is 30.7 Å². The highest BCUT2D eigenvalue weighted by atomic mass is 32.1. The van der Waals surface area contributed by atoms with E-state index in [4.69, 9.17) is 0 Å². The summed E-state index contributed by atoms with van der Waals surface area (Å²) < 4.78 is 0. The van der Waals surface area contributed by atoms with E-state index < -0.39 is 0 Å². The van der Waals surface area contributed by atoms with Crippen molar-refractivity contribution >= 4 is 11.3 Å². The van der Waals surface area contributed by atoms with Crippen LogP contribution in [0.2, 0.25) is 0 Å². The molecule has 1 aromatic heterocycles. The molecule has 4 heteroatoms. The third-order valence-corrected chi connectivity index (χ3v) is 4.13. The van der Waals surface area contributed by atoms with Crippen molar-refractivity contribution in [3.05, 3.63) is 16.6 Å². The van der Waals surface area contributed by atoms with Crippen LogP contribution < -0.4 is 10.6 Å². The number of nitrogens with zero attached hydrogens (tertiary/aromatic N) is 1. The molecule has 1 aromatic rings. The van der Waals surface area contributed by atoms with Crippen molar-refractivity contribution in [1.29, 1.82) is 0 Å². The highest BCUT2D eigenvalue weighted by Gasteiger charge is 2.19. The van der Waals surface area contributed by atoms with Crippen molar-refractivity contribution in [2.75, 3.05) is 13.1 Å². The first-order chi connectivity index (χ1) is 7.88. The fraction of sp³-hybridized carbons (Fsp3) is 0.750. The molecule has 0 aliphatic carbocycles. The zero-order valence-corrected chi connectivity index (χ0v) is 10.7. The first kappa shape index (κ1) is 12.0. The molecule has 0 amide bonds. The molecule has 0 spiro atoms. The van der Waals surface area contributed by atoms with Crippen LogP contribution in [-0.4, -0.2) is 24.1 Å². The number of rotatable bonds is 5. The average Bonchev–Trinajstić information content (AvgIpc) is 2.82. The van der Waals surface area contributed by atoms with Gasteiger partial charge in [0.1, 0.15) is 0 Å². The van der Waals surface area contributed by atoms with Gasteiger partial charge in [-0.25, -0.2) is 0 Å². The Bertz CT molecular complexity index is 286. The quantitative estimate of drug-likeness (QED) is 0.825. The molecule has 2 heterocycles.